The lowest BCUT2D eigenvalue weighted by Gasteiger charge is -2.40. The van der Waals surface area contributed by atoms with Gasteiger partial charge in [0.15, 0.2) is 5.69 Å². The van der Waals surface area contributed by atoms with Crippen LogP contribution in [0.3, 0.4) is 0 Å². The van der Waals surface area contributed by atoms with Gasteiger partial charge in [-0.25, -0.2) is 17.8 Å². The molecule has 0 saturated carbocycles. The van der Waals surface area contributed by atoms with Crippen LogP contribution < -0.4 is 16.2 Å². The fourth-order valence-electron chi connectivity index (χ4n) is 4.92. The standard InChI is InChI=1S/C23H28FN5O7S/c24-16-2-1-15(17(13-16)37(33,34)28-7-5-25-6-8-28)14-26-20(31)18-19(30)21(32)29-9-12-36-23(22(29)27-18)3-10-35-11-4-23/h1-2,13,25,30H,3-12,14H2,(H,26,31). The Morgan fingerprint density at radius 3 is 2.65 bits per heavy atom. The minimum Gasteiger partial charge on any atom is -0.501 e. The van der Waals surface area contributed by atoms with Crippen LogP contribution in [0.25, 0.3) is 0 Å². The molecule has 0 radical (unpaired) electrons. The van der Waals surface area contributed by atoms with Crippen LogP contribution in [0.1, 0.15) is 34.7 Å². The third-order valence-electron chi connectivity index (χ3n) is 6.92. The first kappa shape index (κ1) is 25.7. The highest BCUT2D eigenvalue weighted by atomic mass is 32.2. The van der Waals surface area contributed by atoms with Gasteiger partial charge < -0.3 is 25.2 Å². The number of nitrogens with one attached hydrogen (secondary N) is 2. The van der Waals surface area contributed by atoms with Crippen molar-refractivity contribution in [3.63, 3.8) is 0 Å². The molecule has 14 heteroatoms. The van der Waals surface area contributed by atoms with Crippen LogP contribution >= 0.6 is 0 Å². The number of piperazine rings is 1. The summed E-state index contributed by atoms with van der Waals surface area (Å²) in [6.45, 7) is 2.34. The first-order chi connectivity index (χ1) is 17.7. The second kappa shape index (κ2) is 10.1. The third-order valence-corrected chi connectivity index (χ3v) is 8.90. The van der Waals surface area contributed by atoms with E-state index in [1.54, 1.807) is 0 Å². The van der Waals surface area contributed by atoms with E-state index >= 15 is 0 Å². The predicted octanol–water partition coefficient (Wildman–Crippen LogP) is -0.352. The van der Waals surface area contributed by atoms with Gasteiger partial charge in [0, 0.05) is 58.8 Å². The van der Waals surface area contributed by atoms with Crippen LogP contribution in [0.15, 0.2) is 27.9 Å². The zero-order chi connectivity index (χ0) is 26.2. The maximum Gasteiger partial charge on any atom is 0.296 e. The van der Waals surface area contributed by atoms with Crippen LogP contribution in [0, 0.1) is 5.82 Å². The SMILES string of the molecule is O=C(NCc1ccc(F)cc1S(=O)(=O)N1CCNCC1)c1nc2n(c(=O)c1O)CCOC21CCOCC1. The first-order valence-electron chi connectivity index (χ1n) is 12.1. The minimum absolute atomic E-state index is 0.159. The number of aromatic hydroxyl groups is 1. The van der Waals surface area contributed by atoms with Gasteiger partial charge >= 0.3 is 0 Å². The largest absolute Gasteiger partial charge is 0.501 e. The summed E-state index contributed by atoms with van der Waals surface area (Å²) in [4.78, 5) is 30.1. The molecule has 3 aliphatic rings. The van der Waals surface area contributed by atoms with Crippen LogP contribution in [0.5, 0.6) is 5.75 Å². The van der Waals surface area contributed by atoms with Crippen LogP contribution in [-0.4, -0.2) is 79.3 Å². The molecule has 1 aromatic carbocycles. The van der Waals surface area contributed by atoms with Gasteiger partial charge in [0.05, 0.1) is 18.0 Å². The molecule has 2 aromatic rings. The second-order valence-electron chi connectivity index (χ2n) is 9.13. The topological polar surface area (TPSA) is 152 Å². The molecule has 4 heterocycles. The molecule has 1 spiro atoms. The van der Waals surface area contributed by atoms with Gasteiger partial charge in [-0.3, -0.25) is 14.2 Å². The third kappa shape index (κ3) is 4.75. The molecule has 200 valence electrons. The normalized spacial score (nSPS) is 19.9. The van der Waals surface area contributed by atoms with Crippen molar-refractivity contribution in [3.8, 4) is 5.75 Å². The van der Waals surface area contributed by atoms with Crippen LogP contribution in [-0.2, 0) is 38.2 Å². The molecule has 5 rings (SSSR count). The Bertz CT molecular complexity index is 1370. The van der Waals surface area contributed by atoms with Gasteiger partial charge in [0.2, 0.25) is 15.8 Å². The maximum atomic E-state index is 14.1. The van der Waals surface area contributed by atoms with Gasteiger partial charge in [-0.2, -0.15) is 4.31 Å². The molecule has 0 atom stereocenters. The summed E-state index contributed by atoms with van der Waals surface area (Å²) in [7, 11) is -4.02. The lowest BCUT2D eigenvalue weighted by molar-refractivity contribution is -0.139. The first-order valence-corrected chi connectivity index (χ1v) is 13.5. The number of fused-ring (bicyclic) bond motifs is 2. The Kier molecular flexibility index (Phi) is 7.02. The molecule has 0 aliphatic carbocycles. The van der Waals surface area contributed by atoms with Crippen molar-refractivity contribution in [3.05, 3.63) is 51.5 Å². The monoisotopic (exact) mass is 537 g/mol. The lowest BCUT2D eigenvalue weighted by atomic mass is 9.91. The number of amides is 1. The van der Waals surface area contributed by atoms with E-state index in [0.29, 0.717) is 39.1 Å². The number of carbonyl (C=O) groups excluding carboxylic acids is 1. The van der Waals surface area contributed by atoms with E-state index in [1.165, 1.54) is 14.9 Å². The molecular weight excluding hydrogens is 509 g/mol. The number of carbonyl (C=O) groups is 1. The fourth-order valence-corrected chi connectivity index (χ4v) is 6.60. The van der Waals surface area contributed by atoms with Gasteiger partial charge in [0.1, 0.15) is 17.2 Å². The zero-order valence-corrected chi connectivity index (χ0v) is 20.9. The van der Waals surface area contributed by atoms with Crippen LogP contribution in [0.2, 0.25) is 0 Å². The summed E-state index contributed by atoms with van der Waals surface area (Å²) in [6.07, 6.45) is 0.877. The van der Waals surface area contributed by atoms with Crippen molar-refractivity contribution in [2.75, 3.05) is 46.0 Å². The van der Waals surface area contributed by atoms with Gasteiger partial charge in [0.25, 0.3) is 11.5 Å². The lowest BCUT2D eigenvalue weighted by Crippen LogP contribution is -2.48. The molecular formula is C23H28FN5O7S. The molecule has 2 fully saturated rings. The smallest absolute Gasteiger partial charge is 0.296 e. The summed E-state index contributed by atoms with van der Waals surface area (Å²) in [5.41, 5.74) is -1.99. The highest BCUT2D eigenvalue weighted by Gasteiger charge is 2.43. The second-order valence-corrected chi connectivity index (χ2v) is 11.0. The molecule has 12 nitrogen and oxygen atoms in total. The van der Waals surface area contributed by atoms with E-state index in [-0.39, 0.29) is 49.1 Å². The van der Waals surface area contributed by atoms with Crippen molar-refractivity contribution in [2.24, 2.45) is 0 Å². The van der Waals surface area contributed by atoms with Gasteiger partial charge in [-0.05, 0) is 17.7 Å². The molecule has 3 N–H and O–H groups in total. The number of hydrogen-bond donors (Lipinski definition) is 3. The van der Waals surface area contributed by atoms with Crippen molar-refractivity contribution in [2.45, 2.75) is 36.4 Å². The molecule has 1 aromatic heterocycles. The van der Waals surface area contributed by atoms with Crippen molar-refractivity contribution in [1.82, 2.24) is 24.5 Å². The molecule has 1 amide bonds. The molecule has 0 unspecified atom stereocenters. The minimum atomic E-state index is -4.02. The number of halogens is 1. The summed E-state index contributed by atoms with van der Waals surface area (Å²) in [5.74, 6) is -2.16. The molecule has 37 heavy (non-hydrogen) atoms. The van der Waals surface area contributed by atoms with Crippen molar-refractivity contribution >= 4 is 15.9 Å². The van der Waals surface area contributed by atoms with E-state index in [1.807, 2.05) is 0 Å². The van der Waals surface area contributed by atoms with Gasteiger partial charge in [-0.15, -0.1) is 0 Å². The Labute approximate surface area is 212 Å². The Morgan fingerprint density at radius 1 is 1.19 bits per heavy atom. The number of sulfonamides is 1. The molecule has 0 bridgehead atoms. The Hall–Kier alpha value is -2.91. The van der Waals surface area contributed by atoms with E-state index in [2.05, 4.69) is 15.6 Å². The van der Waals surface area contributed by atoms with E-state index < -0.39 is 44.4 Å². The Morgan fingerprint density at radius 2 is 1.92 bits per heavy atom. The van der Waals surface area contributed by atoms with E-state index in [0.717, 1.165) is 12.1 Å². The van der Waals surface area contributed by atoms with Gasteiger partial charge in [-0.1, -0.05) is 6.07 Å². The van der Waals surface area contributed by atoms with E-state index in [9.17, 15) is 27.5 Å². The number of nitrogens with zero attached hydrogens (tertiary/aromatic N) is 3. The van der Waals surface area contributed by atoms with E-state index in [4.69, 9.17) is 9.47 Å². The summed E-state index contributed by atoms with van der Waals surface area (Å²) in [6, 6.07) is 3.31. The summed E-state index contributed by atoms with van der Waals surface area (Å²) >= 11 is 0. The zero-order valence-electron chi connectivity index (χ0n) is 20.0. The molecule has 3 aliphatic heterocycles. The number of hydrogen-bond acceptors (Lipinski definition) is 9. The summed E-state index contributed by atoms with van der Waals surface area (Å²) < 4.78 is 54.4. The number of ether oxygens (including phenoxy) is 2. The predicted molar refractivity (Wildman–Crippen MR) is 127 cm³/mol. The Balaban J connectivity index is 1.43. The number of aromatic nitrogens is 2. The van der Waals surface area contributed by atoms with Crippen LogP contribution in [0.4, 0.5) is 4.39 Å². The fraction of sp³-hybridized carbons (Fsp3) is 0.522. The van der Waals surface area contributed by atoms with Crippen molar-refractivity contribution < 1.29 is 32.2 Å². The summed E-state index contributed by atoms with van der Waals surface area (Å²) in [5, 5.41) is 16.1. The average molecular weight is 538 g/mol. The quantitative estimate of drug-likeness (QED) is 0.465. The molecule has 2 saturated heterocycles. The van der Waals surface area contributed by atoms with Crippen molar-refractivity contribution in [1.29, 1.82) is 0 Å². The highest BCUT2D eigenvalue weighted by Crippen LogP contribution is 2.37. The highest BCUT2D eigenvalue weighted by molar-refractivity contribution is 7.89. The number of rotatable bonds is 5. The average Bonchev–Trinajstić information content (AvgIpc) is 2.91. The maximum absolute atomic E-state index is 14.1. The number of benzene rings is 1.